The van der Waals surface area contributed by atoms with Gasteiger partial charge in [0.15, 0.2) is 11.5 Å². The van der Waals surface area contributed by atoms with Crippen molar-refractivity contribution in [3.8, 4) is 11.5 Å². The Balaban J connectivity index is 1.76. The maximum absolute atomic E-state index is 13.0. The summed E-state index contributed by atoms with van der Waals surface area (Å²) in [5.74, 6) is -0.379. The van der Waals surface area contributed by atoms with Crippen LogP contribution in [0.5, 0.6) is 11.5 Å². The summed E-state index contributed by atoms with van der Waals surface area (Å²) in [6, 6.07) is 13.7. The number of rotatable bonds is 6. The lowest BCUT2D eigenvalue weighted by atomic mass is 9.95. The van der Waals surface area contributed by atoms with Gasteiger partial charge in [-0.1, -0.05) is 30.3 Å². The second kappa shape index (κ2) is 8.81. The predicted octanol–water partition coefficient (Wildman–Crippen LogP) is 2.83. The molecular weight excluding hydrogens is 396 g/mol. The van der Waals surface area contributed by atoms with E-state index >= 15 is 0 Å². The maximum Gasteiger partial charge on any atom is 0.295 e. The number of ether oxygens (including phenoxy) is 2. The van der Waals surface area contributed by atoms with E-state index in [0.717, 1.165) is 12.1 Å². The van der Waals surface area contributed by atoms with Crippen LogP contribution < -0.4 is 9.47 Å². The molecule has 0 radical (unpaired) electrons. The van der Waals surface area contributed by atoms with Crippen molar-refractivity contribution in [2.45, 2.75) is 12.5 Å². The molecule has 0 spiro atoms. The Labute approximate surface area is 181 Å². The molecule has 162 valence electrons. The Hall–Kier alpha value is -3.32. The van der Waals surface area contributed by atoms with Crippen molar-refractivity contribution >= 4 is 17.4 Å². The van der Waals surface area contributed by atoms with Crippen LogP contribution in [0.1, 0.15) is 23.6 Å². The lowest BCUT2D eigenvalue weighted by Crippen LogP contribution is -2.32. The highest BCUT2D eigenvalue weighted by Crippen LogP contribution is 2.41. The average Bonchev–Trinajstić information content (AvgIpc) is 3.03. The Morgan fingerprint density at radius 2 is 1.77 bits per heavy atom. The summed E-state index contributed by atoms with van der Waals surface area (Å²) >= 11 is 0. The van der Waals surface area contributed by atoms with Gasteiger partial charge in [0.1, 0.15) is 19.0 Å². The first-order valence-electron chi connectivity index (χ1n) is 10.4. The normalized spacial score (nSPS) is 19.8. The fraction of sp³-hybridized carbons (Fsp3) is 0.333. The minimum Gasteiger partial charge on any atom is -0.507 e. The van der Waals surface area contributed by atoms with E-state index in [1.165, 1.54) is 0 Å². The lowest BCUT2D eigenvalue weighted by Gasteiger charge is -2.26. The van der Waals surface area contributed by atoms with E-state index in [1.54, 1.807) is 23.1 Å². The summed E-state index contributed by atoms with van der Waals surface area (Å²) < 4.78 is 11.1. The van der Waals surface area contributed by atoms with Gasteiger partial charge in [-0.05, 0) is 50.8 Å². The molecule has 31 heavy (non-hydrogen) atoms. The summed E-state index contributed by atoms with van der Waals surface area (Å²) in [5, 5.41) is 11.1. The van der Waals surface area contributed by atoms with Crippen molar-refractivity contribution in [2.24, 2.45) is 0 Å². The first-order chi connectivity index (χ1) is 15.0. The van der Waals surface area contributed by atoms with Crippen molar-refractivity contribution in [1.29, 1.82) is 0 Å². The molecule has 7 nitrogen and oxygen atoms in total. The molecule has 1 N–H and O–H groups in total. The molecule has 0 saturated carbocycles. The van der Waals surface area contributed by atoms with Gasteiger partial charge >= 0.3 is 0 Å². The van der Waals surface area contributed by atoms with Gasteiger partial charge in [-0.15, -0.1) is 0 Å². The van der Waals surface area contributed by atoms with Gasteiger partial charge in [0.05, 0.1) is 11.6 Å². The lowest BCUT2D eigenvalue weighted by molar-refractivity contribution is -0.139. The van der Waals surface area contributed by atoms with E-state index in [9.17, 15) is 14.7 Å². The molecule has 2 aliphatic heterocycles. The first kappa shape index (κ1) is 20.9. The largest absolute Gasteiger partial charge is 0.507 e. The van der Waals surface area contributed by atoms with E-state index in [0.29, 0.717) is 43.2 Å². The summed E-state index contributed by atoms with van der Waals surface area (Å²) in [6.07, 6.45) is 0.716. The molecule has 7 heteroatoms. The molecule has 0 bridgehead atoms. The van der Waals surface area contributed by atoms with Crippen LogP contribution >= 0.6 is 0 Å². The molecular formula is C24H26N2O5. The zero-order valence-corrected chi connectivity index (χ0v) is 17.7. The van der Waals surface area contributed by atoms with Gasteiger partial charge in [-0.2, -0.15) is 0 Å². The van der Waals surface area contributed by atoms with Gasteiger partial charge in [-0.25, -0.2) is 0 Å². The Kier molecular flexibility index (Phi) is 5.95. The molecule has 2 aliphatic rings. The molecule has 4 rings (SSSR count). The van der Waals surface area contributed by atoms with E-state index in [2.05, 4.69) is 0 Å². The third kappa shape index (κ3) is 4.14. The van der Waals surface area contributed by atoms with E-state index < -0.39 is 17.7 Å². The smallest absolute Gasteiger partial charge is 0.295 e. The SMILES string of the molecule is CN(C)CCCN1C(=O)C(=O)C(=C(O)c2ccc3c(c2)OCCO3)C1c1ccccc1. The molecule has 1 fully saturated rings. The van der Waals surface area contributed by atoms with Gasteiger partial charge in [0.2, 0.25) is 0 Å². The third-order valence-corrected chi connectivity index (χ3v) is 5.48. The maximum atomic E-state index is 13.0. The highest BCUT2D eigenvalue weighted by molar-refractivity contribution is 6.46. The molecule has 0 aliphatic carbocycles. The van der Waals surface area contributed by atoms with Gasteiger partial charge in [0.25, 0.3) is 11.7 Å². The van der Waals surface area contributed by atoms with Crippen molar-refractivity contribution in [3.63, 3.8) is 0 Å². The topological polar surface area (TPSA) is 79.3 Å². The van der Waals surface area contributed by atoms with Crippen LogP contribution in [-0.4, -0.2) is 67.0 Å². The summed E-state index contributed by atoms with van der Waals surface area (Å²) in [4.78, 5) is 29.5. The summed E-state index contributed by atoms with van der Waals surface area (Å²) in [5.41, 5.74) is 1.29. The number of hydrogen-bond donors (Lipinski definition) is 1. The Morgan fingerprint density at radius 1 is 1.06 bits per heavy atom. The van der Waals surface area contributed by atoms with E-state index in [-0.39, 0.29) is 11.3 Å². The number of fused-ring (bicyclic) bond motifs is 1. The number of ketones is 1. The monoisotopic (exact) mass is 422 g/mol. The van der Waals surface area contributed by atoms with Crippen LogP contribution in [0.25, 0.3) is 5.76 Å². The van der Waals surface area contributed by atoms with Crippen molar-refractivity contribution in [2.75, 3.05) is 40.4 Å². The summed E-state index contributed by atoms with van der Waals surface area (Å²) in [6.45, 7) is 2.08. The first-order valence-corrected chi connectivity index (χ1v) is 10.4. The second-order valence-corrected chi connectivity index (χ2v) is 7.92. The van der Waals surface area contributed by atoms with E-state index in [4.69, 9.17) is 9.47 Å². The van der Waals surface area contributed by atoms with Crippen LogP contribution in [0.3, 0.4) is 0 Å². The zero-order chi connectivity index (χ0) is 22.0. The van der Waals surface area contributed by atoms with Crippen LogP contribution in [0.15, 0.2) is 54.1 Å². The highest BCUT2D eigenvalue weighted by Gasteiger charge is 2.45. The summed E-state index contributed by atoms with van der Waals surface area (Å²) in [7, 11) is 3.93. The molecule has 1 amide bonds. The number of carbonyl (C=O) groups is 2. The molecule has 2 aromatic carbocycles. The zero-order valence-electron chi connectivity index (χ0n) is 17.7. The predicted molar refractivity (Wildman–Crippen MR) is 116 cm³/mol. The van der Waals surface area contributed by atoms with Crippen molar-refractivity contribution in [1.82, 2.24) is 9.80 Å². The van der Waals surface area contributed by atoms with Gasteiger partial charge < -0.3 is 24.4 Å². The van der Waals surface area contributed by atoms with Crippen LogP contribution in [-0.2, 0) is 9.59 Å². The number of carbonyl (C=O) groups excluding carboxylic acids is 2. The fourth-order valence-corrected chi connectivity index (χ4v) is 4.00. The number of likely N-dealkylation sites (tertiary alicyclic amines) is 1. The van der Waals surface area contributed by atoms with Crippen LogP contribution in [0.2, 0.25) is 0 Å². The fourth-order valence-electron chi connectivity index (χ4n) is 4.00. The third-order valence-electron chi connectivity index (χ3n) is 5.48. The van der Waals surface area contributed by atoms with Crippen LogP contribution in [0.4, 0.5) is 0 Å². The van der Waals surface area contributed by atoms with E-state index in [1.807, 2.05) is 49.3 Å². The standard InChI is InChI=1S/C24H26N2O5/c1-25(2)11-6-12-26-21(16-7-4-3-5-8-16)20(23(28)24(26)29)22(27)17-9-10-18-19(15-17)31-14-13-30-18/h3-5,7-10,15,21,27H,6,11-14H2,1-2H3. The van der Waals surface area contributed by atoms with Gasteiger partial charge in [0, 0.05) is 12.1 Å². The number of amides is 1. The molecule has 0 aromatic heterocycles. The Bertz CT molecular complexity index is 1020. The number of aliphatic hydroxyl groups is 1. The van der Waals surface area contributed by atoms with Crippen molar-refractivity contribution < 1.29 is 24.2 Å². The molecule has 1 unspecified atom stereocenters. The average molecular weight is 422 g/mol. The highest BCUT2D eigenvalue weighted by atomic mass is 16.6. The molecule has 2 aromatic rings. The molecule has 1 saturated heterocycles. The minimum atomic E-state index is -0.675. The number of Topliss-reactive ketones (excluding diaryl/α,β-unsaturated/α-hetero) is 1. The quantitative estimate of drug-likeness (QED) is 0.438. The minimum absolute atomic E-state index is 0.0951. The Morgan fingerprint density at radius 3 is 2.48 bits per heavy atom. The number of hydrogen-bond acceptors (Lipinski definition) is 6. The molecule has 1 atom stereocenters. The molecule has 2 heterocycles. The number of aliphatic hydroxyl groups excluding tert-OH is 1. The number of nitrogens with zero attached hydrogens (tertiary/aromatic N) is 2. The van der Waals surface area contributed by atoms with Crippen molar-refractivity contribution in [3.05, 3.63) is 65.2 Å². The number of benzene rings is 2. The van der Waals surface area contributed by atoms with Crippen LogP contribution in [0, 0.1) is 0 Å². The second-order valence-electron chi connectivity index (χ2n) is 7.92. The van der Waals surface area contributed by atoms with Gasteiger partial charge in [-0.3, -0.25) is 9.59 Å².